The van der Waals surface area contributed by atoms with Crippen LogP contribution in [-0.2, 0) is 9.53 Å². The van der Waals surface area contributed by atoms with Crippen molar-refractivity contribution < 1.29 is 9.53 Å². The Kier molecular flexibility index (Phi) is 2.08. The molecular weight excluding hydrogens is 180 g/mol. The Bertz CT molecular complexity index is 259. The summed E-state index contributed by atoms with van der Waals surface area (Å²) in [5, 5.41) is 0. The number of amides is 1. The van der Waals surface area contributed by atoms with E-state index in [1.54, 1.807) is 0 Å². The quantitative estimate of drug-likeness (QED) is 0.651. The molecule has 2 rings (SSSR count). The van der Waals surface area contributed by atoms with Gasteiger partial charge in [-0.3, -0.25) is 4.79 Å². The first-order valence-corrected chi connectivity index (χ1v) is 5.15. The fourth-order valence-electron chi connectivity index (χ4n) is 1.85. The van der Waals surface area contributed by atoms with Gasteiger partial charge in [-0.05, 0) is 26.7 Å². The number of carbonyl (C=O) groups excluding carboxylic acids is 1. The lowest BCUT2D eigenvalue weighted by Gasteiger charge is -2.39. The van der Waals surface area contributed by atoms with E-state index in [4.69, 9.17) is 10.5 Å². The van der Waals surface area contributed by atoms with E-state index in [0.717, 1.165) is 12.8 Å². The van der Waals surface area contributed by atoms with Gasteiger partial charge >= 0.3 is 0 Å². The topological polar surface area (TPSA) is 55.6 Å². The van der Waals surface area contributed by atoms with Crippen molar-refractivity contribution in [3.05, 3.63) is 0 Å². The number of hydrogen-bond donors (Lipinski definition) is 1. The third kappa shape index (κ3) is 1.77. The Balaban J connectivity index is 2.01. The van der Waals surface area contributed by atoms with Crippen LogP contribution in [0.15, 0.2) is 0 Å². The van der Waals surface area contributed by atoms with Crippen LogP contribution >= 0.6 is 0 Å². The summed E-state index contributed by atoms with van der Waals surface area (Å²) >= 11 is 0. The Hall–Kier alpha value is -0.610. The highest BCUT2D eigenvalue weighted by atomic mass is 16.5. The van der Waals surface area contributed by atoms with Crippen LogP contribution in [0.25, 0.3) is 0 Å². The van der Waals surface area contributed by atoms with E-state index >= 15 is 0 Å². The molecule has 14 heavy (non-hydrogen) atoms. The molecule has 1 amide bonds. The van der Waals surface area contributed by atoms with Crippen LogP contribution in [-0.4, -0.2) is 41.6 Å². The lowest BCUT2D eigenvalue weighted by atomic mass is 10.1. The van der Waals surface area contributed by atoms with Crippen molar-refractivity contribution in [3.63, 3.8) is 0 Å². The Morgan fingerprint density at radius 3 is 2.57 bits per heavy atom. The minimum absolute atomic E-state index is 0.105. The van der Waals surface area contributed by atoms with Crippen LogP contribution in [0.1, 0.15) is 26.7 Å². The fourth-order valence-corrected chi connectivity index (χ4v) is 1.85. The zero-order valence-corrected chi connectivity index (χ0v) is 8.88. The summed E-state index contributed by atoms with van der Waals surface area (Å²) in [6, 6.07) is 0. The Morgan fingerprint density at radius 1 is 1.43 bits per heavy atom. The smallest absolute Gasteiger partial charge is 0.242 e. The van der Waals surface area contributed by atoms with Gasteiger partial charge in [0, 0.05) is 13.1 Å². The number of morpholine rings is 1. The van der Waals surface area contributed by atoms with Crippen molar-refractivity contribution >= 4 is 5.91 Å². The fraction of sp³-hybridized carbons (Fsp3) is 0.900. The molecule has 2 N–H and O–H groups in total. The van der Waals surface area contributed by atoms with Crippen LogP contribution in [0, 0.1) is 0 Å². The number of rotatable bonds is 1. The lowest BCUT2D eigenvalue weighted by Crippen LogP contribution is -2.55. The highest BCUT2D eigenvalue weighted by molar-refractivity contribution is 5.89. The van der Waals surface area contributed by atoms with Gasteiger partial charge in [0.15, 0.2) is 0 Å². The normalized spacial score (nSPS) is 28.6. The van der Waals surface area contributed by atoms with Crippen LogP contribution in [0.2, 0.25) is 0 Å². The first-order chi connectivity index (χ1) is 6.43. The molecule has 4 nitrogen and oxygen atoms in total. The van der Waals surface area contributed by atoms with Gasteiger partial charge in [0.25, 0.3) is 0 Å². The summed E-state index contributed by atoms with van der Waals surface area (Å²) < 4.78 is 5.54. The molecule has 80 valence electrons. The van der Waals surface area contributed by atoms with Gasteiger partial charge in [-0.2, -0.15) is 0 Å². The monoisotopic (exact) mass is 198 g/mol. The predicted molar refractivity (Wildman–Crippen MR) is 52.8 cm³/mol. The molecule has 0 aromatic carbocycles. The molecule has 0 spiro atoms. The van der Waals surface area contributed by atoms with Gasteiger partial charge in [-0.25, -0.2) is 0 Å². The minimum Gasteiger partial charge on any atom is -0.372 e. The van der Waals surface area contributed by atoms with E-state index in [2.05, 4.69) is 0 Å². The van der Waals surface area contributed by atoms with E-state index < -0.39 is 5.54 Å². The van der Waals surface area contributed by atoms with Crippen LogP contribution in [0.4, 0.5) is 0 Å². The summed E-state index contributed by atoms with van der Waals surface area (Å²) in [5.74, 6) is 0.105. The molecule has 4 heteroatoms. The van der Waals surface area contributed by atoms with Gasteiger partial charge in [0.2, 0.25) is 5.91 Å². The molecule has 1 saturated heterocycles. The zero-order valence-electron chi connectivity index (χ0n) is 8.88. The molecule has 0 unspecified atom stereocenters. The van der Waals surface area contributed by atoms with Crippen molar-refractivity contribution in [2.45, 2.75) is 37.8 Å². The van der Waals surface area contributed by atoms with E-state index in [0.29, 0.717) is 19.7 Å². The maximum atomic E-state index is 11.9. The Morgan fingerprint density at radius 2 is 2.07 bits per heavy atom. The van der Waals surface area contributed by atoms with E-state index in [-0.39, 0.29) is 11.5 Å². The van der Waals surface area contributed by atoms with Crippen molar-refractivity contribution in [1.29, 1.82) is 0 Å². The largest absolute Gasteiger partial charge is 0.372 e. The van der Waals surface area contributed by atoms with Crippen molar-refractivity contribution in [2.75, 3.05) is 19.7 Å². The highest BCUT2D eigenvalue weighted by Crippen LogP contribution is 2.35. The standard InChI is InChI=1S/C10H18N2O2/c1-9(2)7-12(5-6-14-9)8(13)10(11)3-4-10/h3-7,11H2,1-2H3. The lowest BCUT2D eigenvalue weighted by molar-refractivity contribution is -0.148. The summed E-state index contributed by atoms with van der Waals surface area (Å²) in [5.41, 5.74) is 5.12. The second kappa shape index (κ2) is 2.94. The Labute approximate surface area is 84.4 Å². The second-order valence-electron chi connectivity index (χ2n) is 4.99. The van der Waals surface area contributed by atoms with E-state index in [1.165, 1.54) is 0 Å². The molecular formula is C10H18N2O2. The summed E-state index contributed by atoms with van der Waals surface area (Å²) in [6.45, 7) is 5.96. The van der Waals surface area contributed by atoms with Crippen LogP contribution in [0.5, 0.6) is 0 Å². The number of carbonyl (C=O) groups is 1. The molecule has 0 radical (unpaired) electrons. The molecule has 2 fully saturated rings. The molecule has 0 aromatic rings. The van der Waals surface area contributed by atoms with Gasteiger partial charge in [0.05, 0.1) is 17.7 Å². The maximum Gasteiger partial charge on any atom is 0.242 e. The van der Waals surface area contributed by atoms with Gasteiger partial charge in [-0.1, -0.05) is 0 Å². The number of ether oxygens (including phenoxy) is 1. The molecule has 1 heterocycles. The molecule has 1 aliphatic heterocycles. The molecule has 1 saturated carbocycles. The number of nitrogens with two attached hydrogens (primary N) is 1. The average Bonchev–Trinajstić information content (AvgIpc) is 2.82. The highest BCUT2D eigenvalue weighted by Gasteiger charge is 2.49. The third-order valence-corrected chi connectivity index (χ3v) is 2.93. The molecule has 0 aromatic heterocycles. The van der Waals surface area contributed by atoms with Crippen LogP contribution < -0.4 is 5.73 Å². The van der Waals surface area contributed by atoms with Gasteiger partial charge in [0.1, 0.15) is 0 Å². The third-order valence-electron chi connectivity index (χ3n) is 2.93. The first kappa shape index (κ1) is 9.93. The van der Waals surface area contributed by atoms with Crippen LogP contribution in [0.3, 0.4) is 0 Å². The van der Waals surface area contributed by atoms with Crippen molar-refractivity contribution in [1.82, 2.24) is 4.90 Å². The molecule has 2 aliphatic rings. The SMILES string of the molecule is CC1(C)CN(C(=O)C2(N)CC2)CCO1. The maximum absolute atomic E-state index is 11.9. The molecule has 1 aliphatic carbocycles. The van der Waals surface area contributed by atoms with E-state index in [1.807, 2.05) is 18.7 Å². The van der Waals surface area contributed by atoms with E-state index in [9.17, 15) is 4.79 Å². The first-order valence-electron chi connectivity index (χ1n) is 5.15. The number of nitrogens with zero attached hydrogens (tertiary/aromatic N) is 1. The van der Waals surface area contributed by atoms with Gasteiger partial charge < -0.3 is 15.4 Å². The predicted octanol–water partition coefficient (Wildman–Crippen LogP) is 0.115. The van der Waals surface area contributed by atoms with Crippen molar-refractivity contribution in [3.8, 4) is 0 Å². The summed E-state index contributed by atoms with van der Waals surface area (Å²) in [7, 11) is 0. The molecule has 0 atom stereocenters. The summed E-state index contributed by atoms with van der Waals surface area (Å²) in [6.07, 6.45) is 1.67. The second-order valence-corrected chi connectivity index (χ2v) is 4.99. The summed E-state index contributed by atoms with van der Waals surface area (Å²) in [4.78, 5) is 13.8. The number of hydrogen-bond acceptors (Lipinski definition) is 3. The zero-order chi connectivity index (χ0) is 10.4. The minimum atomic E-state index is -0.534. The molecule has 0 bridgehead atoms. The van der Waals surface area contributed by atoms with Crippen molar-refractivity contribution in [2.24, 2.45) is 5.73 Å². The van der Waals surface area contributed by atoms with Gasteiger partial charge in [-0.15, -0.1) is 0 Å². The average molecular weight is 198 g/mol.